The fourth-order valence-electron chi connectivity index (χ4n) is 1.73. The molecule has 2 rings (SSSR count). The number of carbonyl (C=O) groups excluding carboxylic acids is 1. The van der Waals surface area contributed by atoms with Crippen LogP contribution in [0, 0.1) is 5.82 Å². The summed E-state index contributed by atoms with van der Waals surface area (Å²) < 4.78 is 15.3. The lowest BCUT2D eigenvalue weighted by Crippen LogP contribution is -2.19. The molecule has 0 aliphatic heterocycles. The van der Waals surface area contributed by atoms with E-state index >= 15 is 0 Å². The van der Waals surface area contributed by atoms with Crippen LogP contribution in [0.15, 0.2) is 30.5 Å². The van der Waals surface area contributed by atoms with Gasteiger partial charge in [0.05, 0.1) is 5.52 Å². The predicted molar refractivity (Wildman–Crippen MR) is 60.6 cm³/mol. The van der Waals surface area contributed by atoms with Crippen molar-refractivity contribution in [1.82, 2.24) is 9.88 Å². The molecule has 0 saturated heterocycles. The van der Waals surface area contributed by atoms with E-state index in [2.05, 4.69) is 5.32 Å². The van der Waals surface area contributed by atoms with Crippen LogP contribution in [0.1, 0.15) is 6.42 Å². The fourth-order valence-corrected chi connectivity index (χ4v) is 1.73. The molecule has 0 radical (unpaired) electrons. The van der Waals surface area contributed by atoms with Gasteiger partial charge < -0.3 is 9.88 Å². The number of carbonyl (C=O) groups is 1. The monoisotopic (exact) mass is 220 g/mol. The maximum Gasteiger partial charge on any atom is 0.221 e. The van der Waals surface area contributed by atoms with Crippen LogP contribution in [0.2, 0.25) is 0 Å². The van der Waals surface area contributed by atoms with Gasteiger partial charge in [0, 0.05) is 31.6 Å². The Hall–Kier alpha value is -1.84. The number of hydrogen-bond acceptors (Lipinski definition) is 1. The molecule has 0 fully saturated rings. The van der Waals surface area contributed by atoms with Gasteiger partial charge in [-0.05, 0) is 18.2 Å². The van der Waals surface area contributed by atoms with Gasteiger partial charge in [0.25, 0.3) is 0 Å². The molecule has 1 amide bonds. The van der Waals surface area contributed by atoms with Crippen LogP contribution < -0.4 is 5.32 Å². The summed E-state index contributed by atoms with van der Waals surface area (Å²) in [6.07, 6.45) is 2.20. The summed E-state index contributed by atoms with van der Waals surface area (Å²) in [7, 11) is 1.61. The lowest BCUT2D eigenvalue weighted by Gasteiger charge is -2.04. The Morgan fingerprint density at radius 1 is 1.44 bits per heavy atom. The quantitative estimate of drug-likeness (QED) is 0.842. The molecular weight excluding hydrogens is 207 g/mol. The average Bonchev–Trinajstić information content (AvgIpc) is 2.70. The Kier molecular flexibility index (Phi) is 2.90. The van der Waals surface area contributed by atoms with Gasteiger partial charge in [-0.15, -0.1) is 0 Å². The Morgan fingerprint density at radius 3 is 3.00 bits per heavy atom. The van der Waals surface area contributed by atoms with E-state index in [1.165, 1.54) is 6.07 Å². The first kappa shape index (κ1) is 10.7. The van der Waals surface area contributed by atoms with Crippen molar-refractivity contribution in [2.45, 2.75) is 13.0 Å². The highest BCUT2D eigenvalue weighted by molar-refractivity contribution is 5.81. The first-order chi connectivity index (χ1) is 7.72. The van der Waals surface area contributed by atoms with Crippen molar-refractivity contribution in [3.8, 4) is 0 Å². The van der Waals surface area contributed by atoms with Crippen molar-refractivity contribution in [2.75, 3.05) is 7.05 Å². The van der Waals surface area contributed by atoms with Gasteiger partial charge in [-0.25, -0.2) is 4.39 Å². The molecule has 0 aliphatic carbocycles. The summed E-state index contributed by atoms with van der Waals surface area (Å²) in [4.78, 5) is 11.1. The molecule has 84 valence electrons. The number of halogens is 1. The first-order valence-corrected chi connectivity index (χ1v) is 5.16. The van der Waals surface area contributed by atoms with Crippen LogP contribution in [0.4, 0.5) is 4.39 Å². The summed E-state index contributed by atoms with van der Waals surface area (Å²) >= 11 is 0. The molecule has 0 aliphatic rings. The van der Waals surface area contributed by atoms with E-state index in [1.54, 1.807) is 25.4 Å². The van der Waals surface area contributed by atoms with Crippen LogP contribution >= 0.6 is 0 Å². The molecule has 2 aromatic rings. The number of aromatic nitrogens is 1. The van der Waals surface area contributed by atoms with Crippen LogP contribution in [-0.2, 0) is 11.3 Å². The number of fused-ring (bicyclic) bond motifs is 1. The van der Waals surface area contributed by atoms with Crippen LogP contribution in [0.25, 0.3) is 10.9 Å². The van der Waals surface area contributed by atoms with Gasteiger partial charge in [-0.3, -0.25) is 4.79 Å². The zero-order valence-electron chi connectivity index (χ0n) is 9.03. The van der Waals surface area contributed by atoms with Gasteiger partial charge in [0.1, 0.15) is 5.82 Å². The van der Waals surface area contributed by atoms with Crippen molar-refractivity contribution in [1.29, 1.82) is 0 Å². The summed E-state index contributed by atoms with van der Waals surface area (Å²) in [5, 5.41) is 3.16. The number of hydrogen-bond donors (Lipinski definition) is 1. The molecule has 1 heterocycles. The van der Waals surface area contributed by atoms with Crippen molar-refractivity contribution < 1.29 is 9.18 Å². The van der Waals surface area contributed by atoms with Crippen molar-refractivity contribution in [3.05, 3.63) is 36.3 Å². The maximum absolute atomic E-state index is 13.4. The van der Waals surface area contributed by atoms with E-state index in [-0.39, 0.29) is 11.7 Å². The second kappa shape index (κ2) is 4.35. The average molecular weight is 220 g/mol. The summed E-state index contributed by atoms with van der Waals surface area (Å²) in [5.41, 5.74) is 0.823. The number of rotatable bonds is 3. The number of aryl methyl sites for hydroxylation is 1. The van der Waals surface area contributed by atoms with Gasteiger partial charge in [-0.2, -0.15) is 0 Å². The molecule has 0 unspecified atom stereocenters. The van der Waals surface area contributed by atoms with Crippen LogP contribution in [0.3, 0.4) is 0 Å². The number of amides is 1. The van der Waals surface area contributed by atoms with Crippen LogP contribution in [-0.4, -0.2) is 17.5 Å². The standard InChI is InChI=1S/C12H13FN2O/c1-14-12(16)6-8-15-7-5-9-10(13)3-2-4-11(9)15/h2-5,7H,6,8H2,1H3,(H,14,16). The van der Waals surface area contributed by atoms with Gasteiger partial charge in [0.15, 0.2) is 0 Å². The van der Waals surface area contributed by atoms with E-state index in [1.807, 2.05) is 10.6 Å². The maximum atomic E-state index is 13.4. The minimum atomic E-state index is -0.226. The highest BCUT2D eigenvalue weighted by Crippen LogP contribution is 2.19. The SMILES string of the molecule is CNC(=O)CCn1ccc2c(F)cccc21. The molecule has 1 N–H and O–H groups in total. The van der Waals surface area contributed by atoms with E-state index in [0.717, 1.165) is 5.52 Å². The molecule has 0 spiro atoms. The number of benzene rings is 1. The fraction of sp³-hybridized carbons (Fsp3) is 0.250. The van der Waals surface area contributed by atoms with E-state index in [9.17, 15) is 9.18 Å². The van der Waals surface area contributed by atoms with Crippen molar-refractivity contribution >= 4 is 16.8 Å². The Bertz CT molecular complexity index is 519. The third-order valence-corrected chi connectivity index (χ3v) is 2.62. The molecule has 4 heteroatoms. The summed E-state index contributed by atoms with van der Waals surface area (Å²) in [5.74, 6) is -0.241. The van der Waals surface area contributed by atoms with E-state index in [0.29, 0.717) is 18.4 Å². The minimum Gasteiger partial charge on any atom is -0.359 e. The van der Waals surface area contributed by atoms with Gasteiger partial charge >= 0.3 is 0 Å². The largest absolute Gasteiger partial charge is 0.359 e. The molecule has 1 aromatic heterocycles. The molecule has 3 nitrogen and oxygen atoms in total. The highest BCUT2D eigenvalue weighted by atomic mass is 19.1. The topological polar surface area (TPSA) is 34.0 Å². The Morgan fingerprint density at radius 2 is 2.25 bits per heavy atom. The normalized spacial score (nSPS) is 10.6. The van der Waals surface area contributed by atoms with Crippen LogP contribution in [0.5, 0.6) is 0 Å². The zero-order chi connectivity index (χ0) is 11.5. The third kappa shape index (κ3) is 1.91. The first-order valence-electron chi connectivity index (χ1n) is 5.16. The Balaban J connectivity index is 2.25. The number of nitrogens with zero attached hydrogens (tertiary/aromatic N) is 1. The second-order valence-electron chi connectivity index (χ2n) is 3.60. The summed E-state index contributed by atoms with van der Waals surface area (Å²) in [6.45, 7) is 0.562. The highest BCUT2D eigenvalue weighted by Gasteiger charge is 2.05. The number of nitrogens with one attached hydrogen (secondary N) is 1. The van der Waals surface area contributed by atoms with E-state index in [4.69, 9.17) is 0 Å². The Labute approximate surface area is 92.9 Å². The molecule has 1 aromatic carbocycles. The second-order valence-corrected chi connectivity index (χ2v) is 3.60. The molecule has 16 heavy (non-hydrogen) atoms. The van der Waals surface area contributed by atoms with E-state index < -0.39 is 0 Å². The molecule has 0 bridgehead atoms. The lowest BCUT2D eigenvalue weighted by molar-refractivity contribution is -0.120. The van der Waals surface area contributed by atoms with Gasteiger partial charge in [-0.1, -0.05) is 6.07 Å². The smallest absolute Gasteiger partial charge is 0.221 e. The molecule has 0 saturated carbocycles. The zero-order valence-corrected chi connectivity index (χ0v) is 9.03. The molecule has 0 atom stereocenters. The van der Waals surface area contributed by atoms with Gasteiger partial charge in [0.2, 0.25) is 5.91 Å². The lowest BCUT2D eigenvalue weighted by atomic mass is 10.2. The third-order valence-electron chi connectivity index (χ3n) is 2.62. The predicted octanol–water partition coefficient (Wildman–Crippen LogP) is 1.92. The summed E-state index contributed by atoms with van der Waals surface area (Å²) in [6, 6.07) is 6.69. The minimum absolute atomic E-state index is 0.0155. The van der Waals surface area contributed by atoms with Crippen molar-refractivity contribution in [2.24, 2.45) is 0 Å². The molecular formula is C12H13FN2O. The van der Waals surface area contributed by atoms with Crippen molar-refractivity contribution in [3.63, 3.8) is 0 Å².